The highest BCUT2D eigenvalue weighted by Crippen LogP contribution is 2.35. The number of hydrogen-bond donors (Lipinski definition) is 1. The van der Waals surface area contributed by atoms with E-state index in [9.17, 15) is 0 Å². The van der Waals surface area contributed by atoms with Gasteiger partial charge in [0.25, 0.3) is 0 Å². The van der Waals surface area contributed by atoms with Gasteiger partial charge in [-0.3, -0.25) is 0 Å². The van der Waals surface area contributed by atoms with Crippen molar-refractivity contribution in [2.75, 3.05) is 14.2 Å². The van der Waals surface area contributed by atoms with Crippen LogP contribution >= 0.6 is 11.3 Å². The zero-order chi connectivity index (χ0) is 14.8. The number of rotatable bonds is 5. The summed E-state index contributed by atoms with van der Waals surface area (Å²) in [4.78, 5) is 3.06. The van der Waals surface area contributed by atoms with Crippen molar-refractivity contribution in [3.8, 4) is 5.75 Å². The van der Waals surface area contributed by atoms with Crippen LogP contribution in [0.15, 0.2) is 24.3 Å². The smallest absolute Gasteiger partial charge is 0.122 e. The number of methoxy groups -OCH3 is 1. The molecule has 0 spiro atoms. The Hall–Kier alpha value is -1.32. The van der Waals surface area contributed by atoms with Crippen LogP contribution in [0.3, 0.4) is 0 Å². The molecule has 0 bridgehead atoms. The van der Waals surface area contributed by atoms with Crippen molar-refractivity contribution < 1.29 is 4.74 Å². The summed E-state index contributed by atoms with van der Waals surface area (Å²) in [5.74, 6) is 0.991. The van der Waals surface area contributed by atoms with Crippen molar-refractivity contribution in [2.45, 2.75) is 38.6 Å². The van der Waals surface area contributed by atoms with Gasteiger partial charge < -0.3 is 10.1 Å². The van der Waals surface area contributed by atoms with Gasteiger partial charge in [-0.15, -0.1) is 11.3 Å². The van der Waals surface area contributed by atoms with Gasteiger partial charge in [-0.05, 0) is 62.9 Å². The molecule has 0 saturated heterocycles. The average molecular weight is 301 g/mol. The number of ether oxygens (including phenoxy) is 1. The molecular formula is C18H23NOS. The topological polar surface area (TPSA) is 21.3 Å². The Labute approximate surface area is 131 Å². The average Bonchev–Trinajstić information content (AvgIpc) is 3.06. The van der Waals surface area contributed by atoms with Crippen LogP contribution in [0.25, 0.3) is 0 Å². The van der Waals surface area contributed by atoms with Crippen LogP contribution in [-0.4, -0.2) is 14.2 Å². The molecule has 2 nitrogen and oxygen atoms in total. The molecule has 3 rings (SSSR count). The first-order chi connectivity index (χ1) is 10.2. The third-order valence-electron chi connectivity index (χ3n) is 4.32. The molecule has 1 aliphatic carbocycles. The Morgan fingerprint density at radius 1 is 1.29 bits per heavy atom. The summed E-state index contributed by atoms with van der Waals surface area (Å²) in [6, 6.07) is 9.21. The third-order valence-corrected chi connectivity index (χ3v) is 5.67. The second-order valence-electron chi connectivity index (χ2n) is 5.81. The minimum atomic E-state index is 0.372. The van der Waals surface area contributed by atoms with Gasteiger partial charge in [-0.25, -0.2) is 0 Å². The number of nitrogens with one attached hydrogen (secondary N) is 1. The first kappa shape index (κ1) is 14.6. The largest absolute Gasteiger partial charge is 0.496 e. The molecule has 21 heavy (non-hydrogen) atoms. The monoisotopic (exact) mass is 301 g/mol. The van der Waals surface area contributed by atoms with Crippen LogP contribution < -0.4 is 10.1 Å². The molecule has 0 saturated carbocycles. The van der Waals surface area contributed by atoms with E-state index < -0.39 is 0 Å². The molecule has 1 atom stereocenters. The van der Waals surface area contributed by atoms with Crippen LogP contribution in [0.1, 0.15) is 38.9 Å². The lowest BCUT2D eigenvalue weighted by Crippen LogP contribution is -2.18. The van der Waals surface area contributed by atoms with Gasteiger partial charge in [0.2, 0.25) is 0 Å². The highest BCUT2D eigenvalue weighted by molar-refractivity contribution is 7.12. The van der Waals surface area contributed by atoms with Gasteiger partial charge in [0.05, 0.1) is 7.11 Å². The first-order valence-electron chi connectivity index (χ1n) is 7.63. The summed E-state index contributed by atoms with van der Waals surface area (Å²) in [6.45, 7) is 2.14. The molecule has 3 heteroatoms. The summed E-state index contributed by atoms with van der Waals surface area (Å²) in [6.07, 6.45) is 4.83. The van der Waals surface area contributed by atoms with E-state index in [1.807, 2.05) is 11.3 Å². The summed E-state index contributed by atoms with van der Waals surface area (Å²) in [5.41, 5.74) is 4.14. The van der Waals surface area contributed by atoms with Crippen LogP contribution in [0.5, 0.6) is 5.75 Å². The van der Waals surface area contributed by atoms with E-state index in [0.29, 0.717) is 6.04 Å². The van der Waals surface area contributed by atoms with Crippen molar-refractivity contribution in [3.05, 3.63) is 50.7 Å². The van der Waals surface area contributed by atoms with Crippen LogP contribution in [0.4, 0.5) is 0 Å². The molecule has 112 valence electrons. The Morgan fingerprint density at radius 3 is 2.86 bits per heavy atom. The van der Waals surface area contributed by atoms with Crippen molar-refractivity contribution in [3.63, 3.8) is 0 Å². The van der Waals surface area contributed by atoms with Gasteiger partial charge in [-0.1, -0.05) is 17.7 Å². The molecule has 1 unspecified atom stereocenters. The Balaban J connectivity index is 1.85. The fraction of sp³-hybridized carbons (Fsp3) is 0.444. The van der Waals surface area contributed by atoms with E-state index in [-0.39, 0.29) is 0 Å². The maximum atomic E-state index is 5.52. The molecule has 0 aliphatic heterocycles. The van der Waals surface area contributed by atoms with Crippen molar-refractivity contribution in [1.29, 1.82) is 0 Å². The molecule has 0 fully saturated rings. The standard InChI is InChI=1S/C18H23NOS/c1-12-7-8-16(20-3)14(9-12)10-15(19-2)18-11-13-5-4-6-17(13)21-18/h7-9,11,15,19H,4-6,10H2,1-3H3. The molecule has 1 aromatic heterocycles. The number of aryl methyl sites for hydroxylation is 3. The maximum absolute atomic E-state index is 5.52. The van der Waals surface area contributed by atoms with E-state index in [2.05, 4.69) is 43.6 Å². The van der Waals surface area contributed by atoms with Crippen LogP contribution in [0.2, 0.25) is 0 Å². The lowest BCUT2D eigenvalue weighted by molar-refractivity contribution is 0.406. The van der Waals surface area contributed by atoms with Gasteiger partial charge in [0.15, 0.2) is 0 Å². The van der Waals surface area contributed by atoms with Crippen LogP contribution in [0, 0.1) is 6.92 Å². The lowest BCUT2D eigenvalue weighted by Gasteiger charge is -2.17. The van der Waals surface area contributed by atoms with E-state index >= 15 is 0 Å². The second kappa shape index (κ2) is 6.20. The van der Waals surface area contributed by atoms with Gasteiger partial charge in [0, 0.05) is 15.8 Å². The molecule has 1 N–H and O–H groups in total. The van der Waals surface area contributed by atoms with E-state index in [1.165, 1.54) is 35.3 Å². The quantitative estimate of drug-likeness (QED) is 0.899. The zero-order valence-corrected chi connectivity index (χ0v) is 13.8. The van der Waals surface area contributed by atoms with Gasteiger partial charge in [0.1, 0.15) is 5.75 Å². The normalized spacial score (nSPS) is 15.0. The van der Waals surface area contributed by atoms with Crippen molar-refractivity contribution in [2.24, 2.45) is 0 Å². The maximum Gasteiger partial charge on any atom is 0.122 e. The Morgan fingerprint density at radius 2 is 2.14 bits per heavy atom. The van der Waals surface area contributed by atoms with Gasteiger partial charge in [-0.2, -0.15) is 0 Å². The van der Waals surface area contributed by atoms with E-state index in [4.69, 9.17) is 4.74 Å². The minimum absolute atomic E-state index is 0.372. The predicted molar refractivity (Wildman–Crippen MR) is 89.6 cm³/mol. The molecule has 0 amide bonds. The minimum Gasteiger partial charge on any atom is -0.496 e. The molecule has 2 aromatic rings. The Kier molecular flexibility index (Phi) is 4.32. The molecule has 1 aromatic carbocycles. The summed E-state index contributed by atoms with van der Waals surface area (Å²) in [7, 11) is 3.81. The highest BCUT2D eigenvalue weighted by Gasteiger charge is 2.20. The second-order valence-corrected chi connectivity index (χ2v) is 6.98. The van der Waals surface area contributed by atoms with E-state index in [0.717, 1.165) is 12.2 Å². The number of benzene rings is 1. The zero-order valence-electron chi connectivity index (χ0n) is 13.0. The van der Waals surface area contributed by atoms with Gasteiger partial charge >= 0.3 is 0 Å². The lowest BCUT2D eigenvalue weighted by atomic mass is 10.0. The molecule has 1 aliphatic rings. The van der Waals surface area contributed by atoms with E-state index in [1.54, 1.807) is 17.6 Å². The molecule has 1 heterocycles. The number of fused-ring (bicyclic) bond motifs is 1. The van der Waals surface area contributed by atoms with Crippen molar-refractivity contribution >= 4 is 11.3 Å². The summed E-state index contributed by atoms with van der Waals surface area (Å²) >= 11 is 1.99. The molecular weight excluding hydrogens is 278 g/mol. The fourth-order valence-electron chi connectivity index (χ4n) is 3.16. The number of hydrogen-bond acceptors (Lipinski definition) is 3. The number of thiophene rings is 1. The molecule has 0 radical (unpaired) electrons. The Bertz CT molecular complexity index is 611. The third kappa shape index (κ3) is 2.99. The number of likely N-dealkylation sites (N-methyl/N-ethyl adjacent to an activating group) is 1. The SMILES string of the molecule is CNC(Cc1cc(C)ccc1OC)c1cc2c(s1)CCC2. The highest BCUT2D eigenvalue weighted by atomic mass is 32.1. The summed E-state index contributed by atoms with van der Waals surface area (Å²) in [5, 5.41) is 3.48. The first-order valence-corrected chi connectivity index (χ1v) is 8.45. The van der Waals surface area contributed by atoms with Crippen molar-refractivity contribution in [1.82, 2.24) is 5.32 Å². The predicted octanol–water partition coefficient (Wildman–Crippen LogP) is 4.06. The fourth-order valence-corrected chi connectivity index (χ4v) is 4.52. The summed E-state index contributed by atoms with van der Waals surface area (Å²) < 4.78 is 5.52. The van der Waals surface area contributed by atoms with Crippen LogP contribution in [-0.2, 0) is 19.3 Å².